The SMILES string of the molecule is Cc1ccc(NC(=O)N2CCN(c3ccccc3[N+](=O)[O-])CC2)cc1Br. The number of urea groups is 1. The lowest BCUT2D eigenvalue weighted by Crippen LogP contribution is -2.50. The molecule has 0 spiro atoms. The number of rotatable bonds is 3. The number of hydrogen-bond donors (Lipinski definition) is 1. The lowest BCUT2D eigenvalue weighted by molar-refractivity contribution is -0.384. The van der Waals surface area contributed by atoms with Crippen molar-refractivity contribution in [3.05, 3.63) is 62.6 Å². The van der Waals surface area contributed by atoms with Crippen molar-refractivity contribution in [1.82, 2.24) is 4.90 Å². The average Bonchev–Trinajstić information content (AvgIpc) is 2.65. The summed E-state index contributed by atoms with van der Waals surface area (Å²) in [4.78, 5) is 26.9. The molecule has 0 aromatic heterocycles. The van der Waals surface area contributed by atoms with Crippen LogP contribution in [0.3, 0.4) is 0 Å². The van der Waals surface area contributed by atoms with Crippen molar-refractivity contribution in [2.45, 2.75) is 6.92 Å². The summed E-state index contributed by atoms with van der Waals surface area (Å²) in [5.41, 5.74) is 2.52. The summed E-state index contributed by atoms with van der Waals surface area (Å²) in [6.07, 6.45) is 0. The van der Waals surface area contributed by atoms with Gasteiger partial charge >= 0.3 is 6.03 Å². The summed E-state index contributed by atoms with van der Waals surface area (Å²) in [5.74, 6) is 0. The van der Waals surface area contributed by atoms with Crippen LogP contribution in [0.1, 0.15) is 5.56 Å². The number of nitrogens with zero attached hydrogens (tertiary/aromatic N) is 3. The van der Waals surface area contributed by atoms with Crippen LogP contribution >= 0.6 is 15.9 Å². The third kappa shape index (κ3) is 3.96. The largest absolute Gasteiger partial charge is 0.362 e. The van der Waals surface area contributed by atoms with Gasteiger partial charge in [0.15, 0.2) is 0 Å². The molecule has 1 aliphatic heterocycles. The summed E-state index contributed by atoms with van der Waals surface area (Å²) >= 11 is 3.46. The Kier molecular flexibility index (Phi) is 5.41. The number of benzene rings is 2. The van der Waals surface area contributed by atoms with Gasteiger partial charge in [0.05, 0.1) is 4.92 Å². The molecule has 2 amide bonds. The molecule has 0 unspecified atom stereocenters. The fraction of sp³-hybridized carbons (Fsp3) is 0.278. The Morgan fingerprint density at radius 3 is 2.50 bits per heavy atom. The van der Waals surface area contributed by atoms with Crippen LogP contribution in [-0.2, 0) is 0 Å². The second-order valence-corrected chi connectivity index (χ2v) is 6.97. The summed E-state index contributed by atoms with van der Waals surface area (Å²) in [6.45, 7) is 4.10. The number of carbonyl (C=O) groups is 1. The van der Waals surface area contributed by atoms with Crippen molar-refractivity contribution >= 4 is 39.0 Å². The second-order valence-electron chi connectivity index (χ2n) is 6.11. The van der Waals surface area contributed by atoms with E-state index >= 15 is 0 Å². The minimum absolute atomic E-state index is 0.0925. The summed E-state index contributed by atoms with van der Waals surface area (Å²) in [5, 5.41) is 14.1. The fourth-order valence-corrected chi connectivity index (χ4v) is 3.29. The molecule has 0 bridgehead atoms. The Hall–Kier alpha value is -2.61. The van der Waals surface area contributed by atoms with Crippen LogP contribution in [0.25, 0.3) is 0 Å². The number of amides is 2. The monoisotopic (exact) mass is 418 g/mol. The Morgan fingerprint density at radius 2 is 1.85 bits per heavy atom. The van der Waals surface area contributed by atoms with Crippen LogP contribution in [-0.4, -0.2) is 42.0 Å². The van der Waals surface area contributed by atoms with Gasteiger partial charge in [-0.2, -0.15) is 0 Å². The van der Waals surface area contributed by atoms with Crippen LogP contribution in [0.15, 0.2) is 46.9 Å². The van der Waals surface area contributed by atoms with Crippen molar-refractivity contribution < 1.29 is 9.72 Å². The topological polar surface area (TPSA) is 78.7 Å². The van der Waals surface area contributed by atoms with E-state index in [9.17, 15) is 14.9 Å². The van der Waals surface area contributed by atoms with Crippen LogP contribution in [0.2, 0.25) is 0 Å². The maximum atomic E-state index is 12.5. The van der Waals surface area contributed by atoms with Crippen molar-refractivity contribution in [3.8, 4) is 0 Å². The molecule has 0 radical (unpaired) electrons. The van der Waals surface area contributed by atoms with E-state index < -0.39 is 0 Å². The summed E-state index contributed by atoms with van der Waals surface area (Å²) in [6, 6.07) is 12.2. The van der Waals surface area contributed by atoms with Gasteiger partial charge in [-0.25, -0.2) is 4.79 Å². The number of aryl methyl sites for hydroxylation is 1. The molecule has 2 aromatic carbocycles. The van der Waals surface area contributed by atoms with Crippen molar-refractivity contribution in [3.63, 3.8) is 0 Å². The average molecular weight is 419 g/mol. The minimum atomic E-state index is -0.371. The van der Waals surface area contributed by atoms with Gasteiger partial charge in [0.2, 0.25) is 0 Å². The zero-order valence-electron chi connectivity index (χ0n) is 14.3. The molecule has 0 atom stereocenters. The molecule has 7 nitrogen and oxygen atoms in total. The highest BCUT2D eigenvalue weighted by molar-refractivity contribution is 9.10. The molecular formula is C18H19BrN4O3. The summed E-state index contributed by atoms with van der Waals surface area (Å²) < 4.78 is 0.941. The van der Waals surface area contributed by atoms with Crippen LogP contribution in [0.5, 0.6) is 0 Å². The first kappa shape index (κ1) is 18.2. The van der Waals surface area contributed by atoms with Crippen LogP contribution in [0, 0.1) is 17.0 Å². The highest BCUT2D eigenvalue weighted by Crippen LogP contribution is 2.28. The predicted molar refractivity (Wildman–Crippen MR) is 105 cm³/mol. The first-order valence-electron chi connectivity index (χ1n) is 8.26. The molecule has 8 heteroatoms. The number of hydrogen-bond acceptors (Lipinski definition) is 4. The van der Waals surface area contributed by atoms with E-state index in [4.69, 9.17) is 0 Å². The third-order valence-corrected chi connectivity index (χ3v) is 5.26. The van der Waals surface area contributed by atoms with Crippen molar-refractivity contribution in [2.75, 3.05) is 36.4 Å². The Morgan fingerprint density at radius 1 is 1.15 bits per heavy atom. The smallest absolute Gasteiger partial charge is 0.321 e. The van der Waals surface area contributed by atoms with Gasteiger partial charge in [0, 0.05) is 42.4 Å². The second kappa shape index (κ2) is 7.74. The molecule has 1 saturated heterocycles. The normalized spacial score (nSPS) is 14.2. The molecule has 1 N–H and O–H groups in total. The number of para-hydroxylation sites is 2. The molecule has 2 aromatic rings. The van der Waals surface area contributed by atoms with E-state index in [0.717, 1.165) is 15.7 Å². The molecule has 1 heterocycles. The Balaban J connectivity index is 1.62. The zero-order valence-corrected chi connectivity index (χ0v) is 15.9. The first-order valence-corrected chi connectivity index (χ1v) is 9.05. The maximum absolute atomic E-state index is 12.5. The summed E-state index contributed by atoms with van der Waals surface area (Å²) in [7, 11) is 0. The van der Waals surface area contributed by atoms with Crippen molar-refractivity contribution in [2.24, 2.45) is 0 Å². The van der Waals surface area contributed by atoms with E-state index in [1.165, 1.54) is 6.07 Å². The van der Waals surface area contributed by atoms with E-state index in [1.807, 2.05) is 30.0 Å². The lowest BCUT2D eigenvalue weighted by atomic mass is 10.2. The maximum Gasteiger partial charge on any atom is 0.321 e. The van der Waals surface area contributed by atoms with E-state index in [1.54, 1.807) is 23.1 Å². The Labute approximate surface area is 159 Å². The number of carbonyl (C=O) groups excluding carboxylic acids is 1. The highest BCUT2D eigenvalue weighted by atomic mass is 79.9. The van der Waals surface area contributed by atoms with Crippen LogP contribution in [0.4, 0.5) is 21.9 Å². The number of nitro benzene ring substituents is 1. The molecule has 26 heavy (non-hydrogen) atoms. The molecule has 1 fully saturated rings. The Bertz CT molecular complexity index is 835. The third-order valence-electron chi connectivity index (χ3n) is 4.41. The van der Waals surface area contributed by atoms with Crippen LogP contribution < -0.4 is 10.2 Å². The molecule has 0 aliphatic carbocycles. The quantitative estimate of drug-likeness (QED) is 0.602. The number of nitro groups is 1. The zero-order chi connectivity index (χ0) is 18.7. The number of halogens is 1. The molecule has 0 saturated carbocycles. The van der Waals surface area contributed by atoms with Gasteiger partial charge in [-0.3, -0.25) is 10.1 Å². The van der Waals surface area contributed by atoms with Gasteiger partial charge in [-0.05, 0) is 30.7 Å². The first-order chi connectivity index (χ1) is 12.5. The number of piperazine rings is 1. The fourth-order valence-electron chi connectivity index (χ4n) is 2.91. The van der Waals surface area contributed by atoms with E-state index in [-0.39, 0.29) is 16.6 Å². The van der Waals surface area contributed by atoms with E-state index in [2.05, 4.69) is 21.2 Å². The molecule has 136 valence electrons. The minimum Gasteiger partial charge on any atom is -0.362 e. The molecule has 3 rings (SSSR count). The van der Waals surface area contributed by atoms with E-state index in [0.29, 0.717) is 31.9 Å². The van der Waals surface area contributed by atoms with Crippen molar-refractivity contribution in [1.29, 1.82) is 0 Å². The molecule has 1 aliphatic rings. The van der Waals surface area contributed by atoms with Gasteiger partial charge in [-0.1, -0.05) is 34.1 Å². The van der Waals surface area contributed by atoms with Gasteiger partial charge in [0.1, 0.15) is 5.69 Å². The highest BCUT2D eigenvalue weighted by Gasteiger charge is 2.25. The number of nitrogens with one attached hydrogen (secondary N) is 1. The standard InChI is InChI=1S/C18H19BrN4O3/c1-13-6-7-14(12-15(13)19)20-18(24)22-10-8-21(9-11-22)16-4-2-3-5-17(16)23(25)26/h2-7,12H,8-11H2,1H3,(H,20,24). The lowest BCUT2D eigenvalue weighted by Gasteiger charge is -2.35. The molecular weight excluding hydrogens is 400 g/mol. The van der Waals surface area contributed by atoms with Gasteiger partial charge in [-0.15, -0.1) is 0 Å². The predicted octanol–water partition coefficient (Wildman–Crippen LogP) is 4.02. The number of anilines is 2. The van der Waals surface area contributed by atoms with Gasteiger partial charge in [0.25, 0.3) is 5.69 Å². The van der Waals surface area contributed by atoms with Gasteiger partial charge < -0.3 is 15.1 Å².